The van der Waals surface area contributed by atoms with E-state index in [1.165, 1.54) is 0 Å². The van der Waals surface area contributed by atoms with Crippen LogP contribution in [0.15, 0.2) is 0 Å². The van der Waals surface area contributed by atoms with Gasteiger partial charge in [-0.15, -0.1) is 0 Å². The minimum atomic E-state index is -1.21. The molecule has 0 radical (unpaired) electrons. The maximum atomic E-state index is 14.7. The Morgan fingerprint density at radius 1 is 0.767 bits per heavy atom. The third-order valence-corrected chi connectivity index (χ3v) is 7.23. The first kappa shape index (κ1) is 23.4. The molecule has 2 saturated carbocycles. The molecule has 30 heavy (non-hydrogen) atoms. The van der Waals surface area contributed by atoms with Crippen molar-refractivity contribution < 1.29 is 27.8 Å². The van der Waals surface area contributed by atoms with Gasteiger partial charge < -0.3 is 19.3 Å². The SMILES string of the molecule is COC1CCC(C(=O)N2[C@H](C)CN(C(=O)C3CC(OC)CCC3F)C[C@H]2C)C(F)C1. The molecule has 172 valence electrons. The molecular formula is C22H36F2N2O4. The van der Waals surface area contributed by atoms with E-state index in [9.17, 15) is 18.4 Å². The first-order chi connectivity index (χ1) is 14.3. The predicted molar refractivity (Wildman–Crippen MR) is 108 cm³/mol. The number of carbonyl (C=O) groups is 2. The molecule has 2 aliphatic carbocycles. The number of amides is 2. The Bertz CT molecular complexity index is 610. The van der Waals surface area contributed by atoms with Crippen LogP contribution >= 0.6 is 0 Å². The van der Waals surface area contributed by atoms with Crippen LogP contribution in [0, 0.1) is 11.8 Å². The summed E-state index contributed by atoms with van der Waals surface area (Å²) in [4.78, 5) is 29.6. The van der Waals surface area contributed by atoms with Gasteiger partial charge in [-0.05, 0) is 46.0 Å². The highest BCUT2D eigenvalue weighted by Gasteiger charge is 2.44. The highest BCUT2D eigenvalue weighted by atomic mass is 19.1. The molecule has 3 aliphatic rings. The smallest absolute Gasteiger partial charge is 0.229 e. The Labute approximate surface area is 178 Å². The van der Waals surface area contributed by atoms with E-state index in [4.69, 9.17) is 9.47 Å². The fourth-order valence-electron chi connectivity index (χ4n) is 5.50. The van der Waals surface area contributed by atoms with Crippen LogP contribution in [0.5, 0.6) is 0 Å². The molecule has 1 saturated heterocycles. The zero-order valence-corrected chi connectivity index (χ0v) is 18.6. The van der Waals surface area contributed by atoms with E-state index in [0.29, 0.717) is 45.2 Å². The highest BCUT2D eigenvalue weighted by molar-refractivity contribution is 5.82. The molecule has 0 bridgehead atoms. The molecule has 2 amide bonds. The van der Waals surface area contributed by atoms with E-state index in [-0.39, 0.29) is 42.5 Å². The van der Waals surface area contributed by atoms with Crippen LogP contribution < -0.4 is 0 Å². The van der Waals surface area contributed by atoms with E-state index in [1.807, 2.05) is 13.8 Å². The van der Waals surface area contributed by atoms with E-state index < -0.39 is 24.2 Å². The van der Waals surface area contributed by atoms with E-state index >= 15 is 0 Å². The molecule has 6 unspecified atom stereocenters. The highest BCUT2D eigenvalue weighted by Crippen LogP contribution is 2.34. The molecule has 8 heteroatoms. The summed E-state index contributed by atoms with van der Waals surface area (Å²) >= 11 is 0. The molecular weight excluding hydrogens is 394 g/mol. The number of piperazine rings is 1. The fraction of sp³-hybridized carbons (Fsp3) is 0.909. The van der Waals surface area contributed by atoms with Crippen LogP contribution in [0.1, 0.15) is 52.4 Å². The van der Waals surface area contributed by atoms with Crippen LogP contribution in [0.3, 0.4) is 0 Å². The Balaban J connectivity index is 1.63. The van der Waals surface area contributed by atoms with Crippen molar-refractivity contribution in [2.75, 3.05) is 27.3 Å². The van der Waals surface area contributed by atoms with Gasteiger partial charge in [0.15, 0.2) is 0 Å². The lowest BCUT2D eigenvalue weighted by Crippen LogP contribution is -2.62. The molecule has 1 aliphatic heterocycles. The topological polar surface area (TPSA) is 59.1 Å². The normalized spacial score (nSPS) is 40.3. The van der Waals surface area contributed by atoms with Gasteiger partial charge in [0.25, 0.3) is 0 Å². The molecule has 0 aromatic heterocycles. The van der Waals surface area contributed by atoms with Gasteiger partial charge in [-0.1, -0.05) is 0 Å². The molecule has 0 N–H and O–H groups in total. The van der Waals surface area contributed by atoms with E-state index in [1.54, 1.807) is 24.0 Å². The van der Waals surface area contributed by atoms with Gasteiger partial charge in [-0.25, -0.2) is 8.78 Å². The largest absolute Gasteiger partial charge is 0.381 e. The first-order valence-corrected chi connectivity index (χ1v) is 11.2. The summed E-state index contributed by atoms with van der Waals surface area (Å²) in [6.45, 7) is 4.46. The molecule has 0 spiro atoms. The second-order valence-electron chi connectivity index (χ2n) is 9.27. The standard InChI is InChI=1S/C22H36F2N2O4/c1-13-11-25(21(27)18-9-15(29-3)6-8-19(18)23)12-14(2)26(13)22(28)17-7-5-16(30-4)10-20(17)24/h13-20H,5-12H2,1-4H3/t13-,14-,15?,16?,17?,18?,19?,20?/m1/s1. The molecule has 3 rings (SSSR count). The minimum absolute atomic E-state index is 0.0904. The van der Waals surface area contributed by atoms with Crippen molar-refractivity contribution in [3.8, 4) is 0 Å². The van der Waals surface area contributed by atoms with Crippen molar-refractivity contribution in [3.05, 3.63) is 0 Å². The Morgan fingerprint density at radius 2 is 1.33 bits per heavy atom. The number of halogens is 2. The number of hydrogen-bond donors (Lipinski definition) is 0. The number of ether oxygens (including phenoxy) is 2. The first-order valence-electron chi connectivity index (χ1n) is 11.2. The second kappa shape index (κ2) is 9.90. The van der Waals surface area contributed by atoms with Crippen LogP contribution in [0.25, 0.3) is 0 Å². The predicted octanol–water partition coefficient (Wildman–Crippen LogP) is 2.74. The van der Waals surface area contributed by atoms with Crippen LogP contribution in [0.4, 0.5) is 8.78 Å². The number of rotatable bonds is 4. The van der Waals surface area contributed by atoms with Crippen molar-refractivity contribution >= 4 is 11.8 Å². The van der Waals surface area contributed by atoms with Gasteiger partial charge in [0.05, 0.1) is 24.0 Å². The molecule has 1 heterocycles. The number of methoxy groups -OCH3 is 2. The Morgan fingerprint density at radius 3 is 1.90 bits per heavy atom. The zero-order chi connectivity index (χ0) is 22.0. The van der Waals surface area contributed by atoms with Crippen LogP contribution in [-0.4, -0.2) is 85.6 Å². The van der Waals surface area contributed by atoms with Gasteiger partial charge in [-0.3, -0.25) is 9.59 Å². The van der Waals surface area contributed by atoms with E-state index in [0.717, 1.165) is 0 Å². The minimum Gasteiger partial charge on any atom is -0.381 e. The summed E-state index contributed by atoms with van der Waals surface area (Å²) in [5, 5.41) is 0. The summed E-state index contributed by atoms with van der Waals surface area (Å²) in [5.41, 5.74) is 0. The Kier molecular flexibility index (Phi) is 7.71. The molecule has 0 aromatic carbocycles. The quantitative estimate of drug-likeness (QED) is 0.688. The second-order valence-corrected chi connectivity index (χ2v) is 9.27. The van der Waals surface area contributed by atoms with Crippen LogP contribution in [0.2, 0.25) is 0 Å². The van der Waals surface area contributed by atoms with Gasteiger partial charge in [0.1, 0.15) is 12.3 Å². The Hall–Kier alpha value is -1.28. The number of alkyl halides is 2. The lowest BCUT2D eigenvalue weighted by Gasteiger charge is -2.47. The maximum absolute atomic E-state index is 14.7. The summed E-state index contributed by atoms with van der Waals surface area (Å²) in [6, 6.07) is -0.477. The number of carbonyl (C=O) groups excluding carboxylic acids is 2. The fourth-order valence-corrected chi connectivity index (χ4v) is 5.50. The monoisotopic (exact) mass is 430 g/mol. The summed E-state index contributed by atoms with van der Waals surface area (Å²) < 4.78 is 39.8. The van der Waals surface area contributed by atoms with Crippen molar-refractivity contribution in [1.29, 1.82) is 0 Å². The van der Waals surface area contributed by atoms with Gasteiger partial charge in [-0.2, -0.15) is 0 Å². The number of hydrogen-bond acceptors (Lipinski definition) is 4. The number of nitrogens with zero attached hydrogens (tertiary/aromatic N) is 2. The average Bonchev–Trinajstić information content (AvgIpc) is 2.72. The lowest BCUT2D eigenvalue weighted by atomic mass is 9.83. The summed E-state index contributed by atoms with van der Waals surface area (Å²) in [7, 11) is 3.17. The molecule has 8 atom stereocenters. The summed E-state index contributed by atoms with van der Waals surface area (Å²) in [5.74, 6) is -1.71. The van der Waals surface area contributed by atoms with Gasteiger partial charge in [0.2, 0.25) is 11.8 Å². The summed E-state index contributed by atoms with van der Waals surface area (Å²) in [6.07, 6.45) is 0.163. The molecule has 6 nitrogen and oxygen atoms in total. The van der Waals surface area contributed by atoms with E-state index in [2.05, 4.69) is 0 Å². The van der Waals surface area contributed by atoms with Crippen molar-refractivity contribution in [1.82, 2.24) is 9.80 Å². The lowest BCUT2D eigenvalue weighted by molar-refractivity contribution is -0.156. The maximum Gasteiger partial charge on any atom is 0.229 e. The third-order valence-electron chi connectivity index (χ3n) is 7.23. The molecule has 3 fully saturated rings. The average molecular weight is 431 g/mol. The van der Waals surface area contributed by atoms with Crippen LogP contribution in [-0.2, 0) is 19.1 Å². The van der Waals surface area contributed by atoms with Crippen molar-refractivity contribution in [2.24, 2.45) is 11.8 Å². The van der Waals surface area contributed by atoms with Crippen molar-refractivity contribution in [3.63, 3.8) is 0 Å². The van der Waals surface area contributed by atoms with Gasteiger partial charge >= 0.3 is 0 Å². The van der Waals surface area contributed by atoms with Gasteiger partial charge in [0, 0.05) is 45.8 Å². The van der Waals surface area contributed by atoms with Crippen molar-refractivity contribution in [2.45, 2.75) is 89.0 Å². The molecule has 0 aromatic rings. The zero-order valence-electron chi connectivity index (χ0n) is 18.6. The third kappa shape index (κ3) is 4.79.